The van der Waals surface area contributed by atoms with Gasteiger partial charge in [-0.05, 0) is 24.6 Å². The molecule has 0 aliphatic carbocycles. The largest absolute Gasteiger partial charge is 0.324 e. The van der Waals surface area contributed by atoms with E-state index in [0.29, 0.717) is 0 Å². The molecular formula is C15H15N3S. The Labute approximate surface area is 116 Å². The van der Waals surface area contributed by atoms with E-state index in [1.807, 2.05) is 19.2 Å². The molecule has 0 amide bonds. The number of fused-ring (bicyclic) bond motifs is 1. The second-order valence-corrected chi connectivity index (χ2v) is 5.59. The first-order valence-corrected chi connectivity index (χ1v) is 7.11. The van der Waals surface area contributed by atoms with E-state index in [-0.39, 0.29) is 6.04 Å². The van der Waals surface area contributed by atoms with Gasteiger partial charge in [0.25, 0.3) is 0 Å². The summed E-state index contributed by atoms with van der Waals surface area (Å²) >= 11 is 1.67. The van der Waals surface area contributed by atoms with Crippen LogP contribution < -0.4 is 5.73 Å². The molecule has 0 spiro atoms. The summed E-state index contributed by atoms with van der Waals surface area (Å²) in [6.45, 7) is 2.01. The second-order valence-electron chi connectivity index (χ2n) is 4.65. The molecule has 0 radical (unpaired) electrons. The minimum absolute atomic E-state index is 0.0306. The molecule has 19 heavy (non-hydrogen) atoms. The molecule has 1 unspecified atom stereocenters. The van der Waals surface area contributed by atoms with Gasteiger partial charge >= 0.3 is 0 Å². The molecular weight excluding hydrogens is 254 g/mol. The molecule has 2 aromatic heterocycles. The molecule has 3 rings (SSSR count). The van der Waals surface area contributed by atoms with Gasteiger partial charge in [-0.25, -0.2) is 4.98 Å². The monoisotopic (exact) mass is 269 g/mol. The topological polar surface area (TPSA) is 51.8 Å². The van der Waals surface area contributed by atoms with E-state index >= 15 is 0 Å². The van der Waals surface area contributed by atoms with Crippen LogP contribution in [-0.4, -0.2) is 9.97 Å². The van der Waals surface area contributed by atoms with Crippen molar-refractivity contribution >= 4 is 22.2 Å². The van der Waals surface area contributed by atoms with E-state index in [4.69, 9.17) is 5.73 Å². The van der Waals surface area contributed by atoms with Gasteiger partial charge in [0.15, 0.2) is 0 Å². The maximum atomic E-state index is 6.27. The van der Waals surface area contributed by atoms with Crippen molar-refractivity contribution in [3.05, 3.63) is 58.2 Å². The van der Waals surface area contributed by atoms with E-state index in [1.54, 1.807) is 11.3 Å². The van der Waals surface area contributed by atoms with Crippen molar-refractivity contribution in [3.63, 3.8) is 0 Å². The number of hydrogen-bond donors (Lipinski definition) is 1. The zero-order chi connectivity index (χ0) is 13.2. The first-order chi connectivity index (χ1) is 9.22. The lowest BCUT2D eigenvalue weighted by molar-refractivity contribution is 0.717. The van der Waals surface area contributed by atoms with Crippen LogP contribution in [0.4, 0.5) is 0 Å². The van der Waals surface area contributed by atoms with Crippen LogP contribution in [0, 0.1) is 6.92 Å². The highest BCUT2D eigenvalue weighted by molar-refractivity contribution is 7.09. The SMILES string of the molecule is Cc1csc(CC(N)c2ccc3cccnc3c2)n1. The molecule has 0 fully saturated rings. The minimum atomic E-state index is -0.0306. The van der Waals surface area contributed by atoms with Crippen molar-refractivity contribution in [1.82, 2.24) is 9.97 Å². The van der Waals surface area contributed by atoms with Gasteiger partial charge in [0.1, 0.15) is 0 Å². The average molecular weight is 269 g/mol. The number of benzene rings is 1. The molecule has 0 aliphatic rings. The maximum Gasteiger partial charge on any atom is 0.0947 e. The highest BCUT2D eigenvalue weighted by Gasteiger charge is 2.10. The molecule has 4 heteroatoms. The first-order valence-electron chi connectivity index (χ1n) is 6.23. The Morgan fingerprint density at radius 1 is 1.32 bits per heavy atom. The Kier molecular flexibility index (Phi) is 3.27. The van der Waals surface area contributed by atoms with Gasteiger partial charge in [-0.1, -0.05) is 18.2 Å². The van der Waals surface area contributed by atoms with Gasteiger partial charge in [0.05, 0.1) is 10.5 Å². The van der Waals surface area contributed by atoms with Crippen LogP contribution in [0.3, 0.4) is 0 Å². The third-order valence-electron chi connectivity index (χ3n) is 3.12. The summed E-state index contributed by atoms with van der Waals surface area (Å²) in [6, 6.07) is 10.2. The Bertz CT molecular complexity index is 705. The summed E-state index contributed by atoms with van der Waals surface area (Å²) in [5.74, 6) is 0. The lowest BCUT2D eigenvalue weighted by Crippen LogP contribution is -2.13. The van der Waals surface area contributed by atoms with Crippen LogP contribution in [-0.2, 0) is 6.42 Å². The lowest BCUT2D eigenvalue weighted by atomic mass is 10.0. The molecule has 2 heterocycles. The third-order valence-corrected chi connectivity index (χ3v) is 4.11. The molecule has 0 bridgehead atoms. The van der Waals surface area contributed by atoms with Crippen molar-refractivity contribution in [2.24, 2.45) is 5.73 Å². The summed E-state index contributed by atoms with van der Waals surface area (Å²) in [7, 11) is 0. The van der Waals surface area contributed by atoms with E-state index in [0.717, 1.165) is 33.6 Å². The number of pyridine rings is 1. The fourth-order valence-corrected chi connectivity index (χ4v) is 2.95. The second kappa shape index (κ2) is 5.07. The van der Waals surface area contributed by atoms with E-state index in [2.05, 4.69) is 39.6 Å². The van der Waals surface area contributed by atoms with Crippen LogP contribution in [0.5, 0.6) is 0 Å². The molecule has 2 N–H and O–H groups in total. The number of aromatic nitrogens is 2. The normalized spacial score (nSPS) is 12.7. The van der Waals surface area contributed by atoms with E-state index in [9.17, 15) is 0 Å². The van der Waals surface area contributed by atoms with E-state index < -0.39 is 0 Å². The highest BCUT2D eigenvalue weighted by Crippen LogP contribution is 2.21. The Hall–Kier alpha value is -1.78. The molecule has 1 atom stereocenters. The number of nitrogens with two attached hydrogens (primary N) is 1. The maximum absolute atomic E-state index is 6.27. The van der Waals surface area contributed by atoms with Crippen LogP contribution >= 0.6 is 11.3 Å². The summed E-state index contributed by atoms with van der Waals surface area (Å²) in [5, 5.41) is 4.29. The van der Waals surface area contributed by atoms with Crippen molar-refractivity contribution in [2.75, 3.05) is 0 Å². The van der Waals surface area contributed by atoms with Crippen LogP contribution in [0.25, 0.3) is 10.9 Å². The first kappa shape index (κ1) is 12.3. The molecule has 0 saturated carbocycles. The fourth-order valence-electron chi connectivity index (χ4n) is 2.12. The van der Waals surface area contributed by atoms with Crippen LogP contribution in [0.1, 0.15) is 22.3 Å². The standard InChI is InChI=1S/C15H15N3S/c1-10-9-19-15(18-10)8-13(16)12-5-4-11-3-2-6-17-14(11)7-12/h2-7,9,13H,8,16H2,1H3. The predicted octanol–water partition coefficient (Wildman–Crippen LogP) is 3.24. The molecule has 0 aliphatic heterocycles. The van der Waals surface area contributed by atoms with Crippen LogP contribution in [0.15, 0.2) is 41.9 Å². The highest BCUT2D eigenvalue weighted by atomic mass is 32.1. The van der Waals surface area contributed by atoms with Crippen LogP contribution in [0.2, 0.25) is 0 Å². The number of nitrogens with zero attached hydrogens (tertiary/aromatic N) is 2. The Balaban J connectivity index is 1.86. The van der Waals surface area contributed by atoms with Gasteiger partial charge in [0, 0.05) is 35.1 Å². The summed E-state index contributed by atoms with van der Waals surface area (Å²) in [4.78, 5) is 8.83. The summed E-state index contributed by atoms with van der Waals surface area (Å²) in [6.07, 6.45) is 2.58. The summed E-state index contributed by atoms with van der Waals surface area (Å²) in [5.41, 5.74) is 9.43. The number of hydrogen-bond acceptors (Lipinski definition) is 4. The van der Waals surface area contributed by atoms with Gasteiger partial charge in [-0.3, -0.25) is 4.98 Å². The molecule has 96 valence electrons. The minimum Gasteiger partial charge on any atom is -0.324 e. The third kappa shape index (κ3) is 2.64. The smallest absolute Gasteiger partial charge is 0.0947 e. The average Bonchev–Trinajstić information content (AvgIpc) is 2.83. The molecule has 1 aromatic carbocycles. The van der Waals surface area contributed by atoms with Crippen molar-refractivity contribution in [1.29, 1.82) is 0 Å². The Morgan fingerprint density at radius 2 is 2.21 bits per heavy atom. The number of rotatable bonds is 3. The van der Waals surface area contributed by atoms with Gasteiger partial charge < -0.3 is 5.73 Å². The van der Waals surface area contributed by atoms with Gasteiger partial charge in [-0.2, -0.15) is 0 Å². The quantitative estimate of drug-likeness (QED) is 0.794. The molecule has 3 nitrogen and oxygen atoms in total. The summed E-state index contributed by atoms with van der Waals surface area (Å²) < 4.78 is 0. The molecule has 0 saturated heterocycles. The number of aryl methyl sites for hydroxylation is 1. The van der Waals surface area contributed by atoms with Crippen molar-refractivity contribution in [2.45, 2.75) is 19.4 Å². The van der Waals surface area contributed by atoms with Gasteiger partial charge in [-0.15, -0.1) is 11.3 Å². The van der Waals surface area contributed by atoms with Gasteiger partial charge in [0.2, 0.25) is 0 Å². The fraction of sp³-hybridized carbons (Fsp3) is 0.200. The Morgan fingerprint density at radius 3 is 3.00 bits per heavy atom. The predicted molar refractivity (Wildman–Crippen MR) is 79.2 cm³/mol. The van der Waals surface area contributed by atoms with Crippen molar-refractivity contribution < 1.29 is 0 Å². The molecule has 3 aromatic rings. The number of thiazole rings is 1. The zero-order valence-corrected chi connectivity index (χ0v) is 11.5. The van der Waals surface area contributed by atoms with E-state index in [1.165, 1.54) is 0 Å². The lowest BCUT2D eigenvalue weighted by Gasteiger charge is -2.11. The van der Waals surface area contributed by atoms with Crippen molar-refractivity contribution in [3.8, 4) is 0 Å². The zero-order valence-electron chi connectivity index (χ0n) is 10.7.